The van der Waals surface area contributed by atoms with Gasteiger partial charge in [0.1, 0.15) is 10.3 Å². The van der Waals surface area contributed by atoms with Gasteiger partial charge in [0.15, 0.2) is 0 Å². The number of nitrogens with zero attached hydrogens (tertiary/aromatic N) is 2. The zero-order valence-electron chi connectivity index (χ0n) is 9.00. The van der Waals surface area contributed by atoms with E-state index in [1.165, 1.54) is 12.8 Å². The smallest absolute Gasteiger partial charge is 0.135 e. The van der Waals surface area contributed by atoms with Crippen molar-refractivity contribution in [1.82, 2.24) is 9.88 Å². The first-order chi connectivity index (χ1) is 7.70. The van der Waals surface area contributed by atoms with Gasteiger partial charge in [-0.2, -0.15) is 0 Å². The largest absolute Gasteiger partial charge is 0.329 e. The van der Waals surface area contributed by atoms with Crippen LogP contribution >= 0.6 is 23.2 Å². The summed E-state index contributed by atoms with van der Waals surface area (Å²) in [6, 6.07) is 4.19. The first-order valence-electron chi connectivity index (χ1n) is 5.45. The maximum absolute atomic E-state index is 6.05. The minimum atomic E-state index is 0.436. The zero-order chi connectivity index (χ0) is 11.5. The van der Waals surface area contributed by atoms with E-state index < -0.39 is 0 Å². The molecule has 16 heavy (non-hydrogen) atoms. The molecule has 2 N–H and O–H groups in total. The summed E-state index contributed by atoms with van der Waals surface area (Å²) < 4.78 is 0. The van der Waals surface area contributed by atoms with Gasteiger partial charge in [-0.05, 0) is 25.5 Å². The number of halogens is 2. The van der Waals surface area contributed by atoms with Crippen LogP contribution < -0.4 is 5.73 Å². The Balaban J connectivity index is 2.08. The number of likely N-dealkylation sites (tertiary alicyclic amines) is 1. The highest BCUT2D eigenvalue weighted by Gasteiger charge is 2.23. The summed E-state index contributed by atoms with van der Waals surface area (Å²) in [5.41, 5.74) is 6.75. The second kappa shape index (κ2) is 5.32. The van der Waals surface area contributed by atoms with Gasteiger partial charge in [0, 0.05) is 24.7 Å². The molecule has 1 aromatic heterocycles. The number of hydrogen-bond acceptors (Lipinski definition) is 3. The van der Waals surface area contributed by atoms with Crippen molar-refractivity contribution in [2.75, 3.05) is 13.1 Å². The van der Waals surface area contributed by atoms with Crippen LogP contribution in [-0.4, -0.2) is 29.0 Å². The molecule has 0 aliphatic carbocycles. The predicted octanol–water partition coefficient (Wildman–Crippen LogP) is 2.31. The Labute approximate surface area is 106 Å². The molecule has 1 aliphatic heterocycles. The third-order valence-corrected chi connectivity index (χ3v) is 3.57. The van der Waals surface area contributed by atoms with Crippen LogP contribution in [0.25, 0.3) is 0 Å². The van der Waals surface area contributed by atoms with Crippen LogP contribution in [-0.2, 0) is 6.54 Å². The summed E-state index contributed by atoms with van der Waals surface area (Å²) in [6.07, 6.45) is 2.38. The van der Waals surface area contributed by atoms with Gasteiger partial charge in [0.05, 0.1) is 0 Å². The van der Waals surface area contributed by atoms with Crippen molar-refractivity contribution in [3.8, 4) is 0 Å². The lowest BCUT2D eigenvalue weighted by molar-refractivity contribution is 0.250. The van der Waals surface area contributed by atoms with Crippen LogP contribution in [0.1, 0.15) is 18.4 Å². The molecule has 1 aliphatic rings. The summed E-state index contributed by atoms with van der Waals surface area (Å²) in [6.45, 7) is 2.60. The van der Waals surface area contributed by atoms with E-state index in [0.29, 0.717) is 22.9 Å². The fourth-order valence-electron chi connectivity index (χ4n) is 2.15. The Morgan fingerprint density at radius 2 is 2.25 bits per heavy atom. The summed E-state index contributed by atoms with van der Waals surface area (Å²) >= 11 is 11.8. The lowest BCUT2D eigenvalue weighted by Crippen LogP contribution is -2.34. The van der Waals surface area contributed by atoms with Crippen LogP contribution in [0.15, 0.2) is 12.1 Å². The normalized spacial score (nSPS) is 21.6. The van der Waals surface area contributed by atoms with Crippen LogP contribution in [0.3, 0.4) is 0 Å². The molecule has 0 aromatic carbocycles. The van der Waals surface area contributed by atoms with Crippen LogP contribution in [0, 0.1) is 0 Å². The first kappa shape index (κ1) is 12.1. The molecule has 0 saturated carbocycles. The van der Waals surface area contributed by atoms with Crippen molar-refractivity contribution < 1.29 is 0 Å². The topological polar surface area (TPSA) is 42.1 Å². The molecule has 1 unspecified atom stereocenters. The number of hydrogen-bond donors (Lipinski definition) is 1. The molecule has 0 radical (unpaired) electrons. The highest BCUT2D eigenvalue weighted by atomic mass is 35.5. The van der Waals surface area contributed by atoms with Crippen molar-refractivity contribution in [3.63, 3.8) is 0 Å². The quantitative estimate of drug-likeness (QED) is 0.848. The van der Waals surface area contributed by atoms with Crippen molar-refractivity contribution in [3.05, 3.63) is 28.0 Å². The van der Waals surface area contributed by atoms with E-state index in [2.05, 4.69) is 9.88 Å². The fraction of sp³-hybridized carbons (Fsp3) is 0.545. The van der Waals surface area contributed by atoms with Gasteiger partial charge in [-0.15, -0.1) is 0 Å². The minimum Gasteiger partial charge on any atom is -0.329 e. The third-order valence-electron chi connectivity index (χ3n) is 3.04. The number of aromatic nitrogens is 1. The van der Waals surface area contributed by atoms with E-state index in [4.69, 9.17) is 28.9 Å². The molecule has 88 valence electrons. The molecule has 0 bridgehead atoms. The first-order valence-corrected chi connectivity index (χ1v) is 6.21. The Kier molecular flexibility index (Phi) is 4.03. The number of pyridine rings is 1. The molecule has 1 saturated heterocycles. The molecule has 3 nitrogen and oxygen atoms in total. The third kappa shape index (κ3) is 2.66. The average Bonchev–Trinajstić information content (AvgIpc) is 2.69. The second-order valence-corrected chi connectivity index (χ2v) is 4.83. The van der Waals surface area contributed by atoms with Gasteiger partial charge in [-0.25, -0.2) is 4.98 Å². The molecule has 2 rings (SSSR count). The number of nitrogens with two attached hydrogens (primary N) is 1. The monoisotopic (exact) mass is 259 g/mol. The van der Waals surface area contributed by atoms with Gasteiger partial charge >= 0.3 is 0 Å². The SMILES string of the molecule is NCC1CCCN1Cc1ccc(Cl)nc1Cl. The average molecular weight is 260 g/mol. The van der Waals surface area contributed by atoms with Crippen molar-refractivity contribution in [2.45, 2.75) is 25.4 Å². The maximum atomic E-state index is 6.05. The molecular formula is C11H15Cl2N3. The zero-order valence-corrected chi connectivity index (χ0v) is 10.5. The summed E-state index contributed by atoms with van der Waals surface area (Å²) in [4.78, 5) is 6.40. The van der Waals surface area contributed by atoms with Gasteiger partial charge in [0.2, 0.25) is 0 Å². The van der Waals surface area contributed by atoms with Gasteiger partial charge in [0.25, 0.3) is 0 Å². The van der Waals surface area contributed by atoms with Gasteiger partial charge in [-0.3, -0.25) is 4.90 Å². The Morgan fingerprint density at radius 1 is 1.44 bits per heavy atom. The van der Waals surface area contributed by atoms with Crippen molar-refractivity contribution in [2.24, 2.45) is 5.73 Å². The van der Waals surface area contributed by atoms with E-state index in [-0.39, 0.29) is 0 Å². The van der Waals surface area contributed by atoms with E-state index in [0.717, 1.165) is 18.7 Å². The van der Waals surface area contributed by atoms with Crippen molar-refractivity contribution >= 4 is 23.2 Å². The number of rotatable bonds is 3. The molecule has 1 atom stereocenters. The van der Waals surface area contributed by atoms with Crippen LogP contribution in [0.2, 0.25) is 10.3 Å². The summed E-state index contributed by atoms with van der Waals surface area (Å²) in [7, 11) is 0. The summed E-state index contributed by atoms with van der Waals surface area (Å²) in [5.74, 6) is 0. The van der Waals surface area contributed by atoms with Crippen molar-refractivity contribution in [1.29, 1.82) is 0 Å². The van der Waals surface area contributed by atoms with Crippen LogP contribution in [0.4, 0.5) is 0 Å². The van der Waals surface area contributed by atoms with E-state index in [9.17, 15) is 0 Å². The molecule has 0 spiro atoms. The molecular weight excluding hydrogens is 245 g/mol. The lowest BCUT2D eigenvalue weighted by Gasteiger charge is -2.23. The summed E-state index contributed by atoms with van der Waals surface area (Å²) in [5, 5.41) is 0.931. The Hall–Kier alpha value is -0.350. The molecule has 2 heterocycles. The predicted molar refractivity (Wildman–Crippen MR) is 66.7 cm³/mol. The minimum absolute atomic E-state index is 0.436. The fourth-order valence-corrected chi connectivity index (χ4v) is 2.55. The van der Waals surface area contributed by atoms with Crippen LogP contribution in [0.5, 0.6) is 0 Å². The molecule has 1 aromatic rings. The Bertz CT molecular complexity index is 370. The maximum Gasteiger partial charge on any atom is 0.135 e. The van der Waals surface area contributed by atoms with E-state index in [1.54, 1.807) is 6.07 Å². The van der Waals surface area contributed by atoms with E-state index in [1.807, 2.05) is 6.07 Å². The molecule has 5 heteroatoms. The molecule has 0 amide bonds. The highest BCUT2D eigenvalue weighted by Crippen LogP contribution is 2.23. The lowest BCUT2D eigenvalue weighted by atomic mass is 10.2. The standard InChI is InChI=1S/C11H15Cl2N3/c12-10-4-3-8(11(13)15-10)7-16-5-1-2-9(16)6-14/h3-4,9H,1-2,5-7,14H2. The second-order valence-electron chi connectivity index (χ2n) is 4.09. The van der Waals surface area contributed by atoms with Gasteiger partial charge < -0.3 is 5.73 Å². The van der Waals surface area contributed by atoms with Gasteiger partial charge in [-0.1, -0.05) is 29.3 Å². The molecule has 1 fully saturated rings. The Morgan fingerprint density at radius 3 is 2.94 bits per heavy atom. The highest BCUT2D eigenvalue weighted by molar-refractivity contribution is 6.32. The van der Waals surface area contributed by atoms with E-state index >= 15 is 0 Å².